The van der Waals surface area contributed by atoms with Crippen molar-refractivity contribution >= 4 is 22.9 Å². The van der Waals surface area contributed by atoms with E-state index < -0.39 is 0 Å². The second-order valence-corrected chi connectivity index (χ2v) is 10.9. The fourth-order valence-corrected chi connectivity index (χ4v) is 5.70. The Balaban J connectivity index is 1.65. The van der Waals surface area contributed by atoms with E-state index in [2.05, 4.69) is 66.7 Å². The molecule has 0 saturated carbocycles. The molecule has 6 heteroatoms. The molecule has 3 aromatic carbocycles. The molecule has 5 rings (SSSR count). The van der Waals surface area contributed by atoms with Crippen LogP contribution in [0.4, 0.5) is 0 Å². The van der Waals surface area contributed by atoms with E-state index in [4.69, 9.17) is 16.5 Å². The van der Waals surface area contributed by atoms with Crippen LogP contribution in [-0.4, -0.2) is 9.97 Å². The molecule has 0 amide bonds. The molecule has 5 aromatic rings. The van der Waals surface area contributed by atoms with Gasteiger partial charge in [0, 0.05) is 29.1 Å². The van der Waals surface area contributed by atoms with Crippen molar-refractivity contribution in [3.8, 4) is 45.8 Å². The molecule has 0 fully saturated rings. The van der Waals surface area contributed by atoms with E-state index in [0.29, 0.717) is 29.7 Å². The summed E-state index contributed by atoms with van der Waals surface area (Å²) in [4.78, 5) is 9.33. The van der Waals surface area contributed by atoms with Crippen molar-refractivity contribution in [3.05, 3.63) is 168 Å². The maximum Gasteiger partial charge on any atom is 0.0992 e. The molecule has 4 N–H and O–H groups in total. The third-order valence-electron chi connectivity index (χ3n) is 8.05. The average molecular weight is 623 g/mol. The summed E-state index contributed by atoms with van der Waals surface area (Å²) in [7, 11) is 0. The van der Waals surface area contributed by atoms with Crippen molar-refractivity contribution in [1.29, 1.82) is 10.5 Å². The van der Waals surface area contributed by atoms with E-state index in [0.717, 1.165) is 61.0 Å². The molecular weight excluding hydrogens is 589 g/mol. The van der Waals surface area contributed by atoms with Gasteiger partial charge in [0.05, 0.1) is 29.1 Å². The molecular formula is C42H34N6. The molecule has 0 atom stereocenters. The van der Waals surface area contributed by atoms with Gasteiger partial charge >= 0.3 is 0 Å². The molecule has 48 heavy (non-hydrogen) atoms. The lowest BCUT2D eigenvalue weighted by Crippen LogP contribution is -2.00. The lowest BCUT2D eigenvalue weighted by molar-refractivity contribution is 1.21. The molecule has 0 aliphatic carbocycles. The Labute approximate surface area is 281 Å². The first kappa shape index (κ1) is 32.6. The van der Waals surface area contributed by atoms with Crippen molar-refractivity contribution in [2.45, 2.75) is 12.8 Å². The Morgan fingerprint density at radius 2 is 1.58 bits per heavy atom. The number of pyridine rings is 2. The minimum atomic E-state index is 0.471. The molecule has 0 spiro atoms. The quantitative estimate of drug-likeness (QED) is 0.112. The summed E-state index contributed by atoms with van der Waals surface area (Å²) in [6.07, 6.45) is 18.6. The Hall–Kier alpha value is -6.76. The molecule has 0 radical (unpaired) electrons. The van der Waals surface area contributed by atoms with Crippen LogP contribution in [0.5, 0.6) is 0 Å². The Morgan fingerprint density at radius 1 is 0.792 bits per heavy atom. The van der Waals surface area contributed by atoms with Crippen LogP contribution in [0, 0.1) is 22.7 Å². The lowest BCUT2D eigenvalue weighted by Gasteiger charge is -2.20. The molecule has 6 nitrogen and oxygen atoms in total. The second kappa shape index (κ2) is 15.5. The van der Waals surface area contributed by atoms with Gasteiger partial charge in [-0.05, 0) is 106 Å². The van der Waals surface area contributed by atoms with Crippen molar-refractivity contribution in [3.63, 3.8) is 0 Å². The highest BCUT2D eigenvalue weighted by Crippen LogP contribution is 2.40. The Bertz CT molecular complexity index is 2190. The van der Waals surface area contributed by atoms with Crippen molar-refractivity contribution in [2.75, 3.05) is 0 Å². The SMILES string of the molecule is C=Cc1c(C=C)c(-c2ccc(-c3cc(C#N)ccn3)cn2)c2ccc(-c3ccccc3)cc2c1C/C=C\C(=C/N)C/C=C(C#N)\C=C/N. The summed E-state index contributed by atoms with van der Waals surface area (Å²) in [5.41, 5.74) is 21.7. The van der Waals surface area contributed by atoms with Gasteiger partial charge in [0.2, 0.25) is 0 Å². The maximum absolute atomic E-state index is 9.35. The normalized spacial score (nSPS) is 11.9. The Morgan fingerprint density at radius 3 is 2.25 bits per heavy atom. The van der Waals surface area contributed by atoms with Gasteiger partial charge in [0.25, 0.3) is 0 Å². The third kappa shape index (κ3) is 7.05. The molecule has 0 aliphatic rings. The number of nitriles is 2. The van der Waals surface area contributed by atoms with Gasteiger partial charge in [-0.3, -0.25) is 9.97 Å². The largest absolute Gasteiger partial charge is 0.405 e. The number of nitrogens with zero attached hydrogens (tertiary/aromatic N) is 4. The highest BCUT2D eigenvalue weighted by Gasteiger charge is 2.19. The third-order valence-corrected chi connectivity index (χ3v) is 8.05. The number of hydrogen-bond acceptors (Lipinski definition) is 6. The number of benzene rings is 3. The number of nitrogens with two attached hydrogens (primary N) is 2. The van der Waals surface area contributed by atoms with Crippen LogP contribution >= 0.6 is 0 Å². The molecule has 0 saturated heterocycles. The zero-order chi connectivity index (χ0) is 33.9. The molecule has 0 aliphatic heterocycles. The van der Waals surface area contributed by atoms with Gasteiger partial charge in [0.15, 0.2) is 0 Å². The zero-order valence-corrected chi connectivity index (χ0v) is 26.5. The minimum Gasteiger partial charge on any atom is -0.405 e. The van der Waals surface area contributed by atoms with Crippen LogP contribution in [-0.2, 0) is 6.42 Å². The summed E-state index contributed by atoms with van der Waals surface area (Å²) < 4.78 is 0. The number of hydrogen-bond donors (Lipinski definition) is 2. The smallest absolute Gasteiger partial charge is 0.0992 e. The predicted octanol–water partition coefficient (Wildman–Crippen LogP) is 9.04. The molecule has 0 bridgehead atoms. The highest BCUT2D eigenvalue weighted by atomic mass is 14.7. The number of rotatable bonds is 11. The lowest BCUT2D eigenvalue weighted by atomic mass is 9.84. The maximum atomic E-state index is 9.35. The fraction of sp³-hybridized carbons (Fsp3) is 0.0476. The van der Waals surface area contributed by atoms with Crippen LogP contribution in [0.15, 0.2) is 146 Å². The van der Waals surface area contributed by atoms with Gasteiger partial charge in [-0.2, -0.15) is 10.5 Å². The Kier molecular flexibility index (Phi) is 10.5. The van der Waals surface area contributed by atoms with Gasteiger partial charge in [-0.15, -0.1) is 0 Å². The first-order valence-corrected chi connectivity index (χ1v) is 15.4. The van der Waals surface area contributed by atoms with E-state index in [1.165, 1.54) is 6.20 Å². The average Bonchev–Trinajstić information content (AvgIpc) is 3.15. The van der Waals surface area contributed by atoms with E-state index >= 15 is 0 Å². The van der Waals surface area contributed by atoms with Gasteiger partial charge in [0.1, 0.15) is 0 Å². The van der Waals surface area contributed by atoms with Crippen LogP contribution in [0.3, 0.4) is 0 Å². The number of aromatic nitrogens is 2. The number of fused-ring (bicyclic) bond motifs is 1. The highest BCUT2D eigenvalue weighted by molar-refractivity contribution is 6.06. The summed E-state index contributed by atoms with van der Waals surface area (Å²) in [5, 5.41) is 20.8. The van der Waals surface area contributed by atoms with E-state index in [-0.39, 0.29) is 0 Å². The van der Waals surface area contributed by atoms with Crippen molar-refractivity contribution in [1.82, 2.24) is 9.97 Å². The van der Waals surface area contributed by atoms with E-state index in [1.807, 2.05) is 48.6 Å². The van der Waals surface area contributed by atoms with Gasteiger partial charge in [-0.1, -0.05) is 86.0 Å². The number of allylic oxidation sites excluding steroid dienone is 6. The summed E-state index contributed by atoms with van der Waals surface area (Å²) >= 11 is 0. The first-order valence-electron chi connectivity index (χ1n) is 15.4. The minimum absolute atomic E-state index is 0.471. The van der Waals surface area contributed by atoms with Crippen LogP contribution < -0.4 is 11.5 Å². The molecule has 0 unspecified atom stereocenters. The predicted molar refractivity (Wildman–Crippen MR) is 197 cm³/mol. The van der Waals surface area contributed by atoms with Crippen molar-refractivity contribution < 1.29 is 0 Å². The summed E-state index contributed by atoms with van der Waals surface area (Å²) in [6, 6.07) is 28.5. The monoisotopic (exact) mass is 622 g/mol. The van der Waals surface area contributed by atoms with E-state index in [1.54, 1.807) is 42.9 Å². The topological polar surface area (TPSA) is 125 Å². The van der Waals surface area contributed by atoms with Gasteiger partial charge in [-0.25, -0.2) is 0 Å². The molecule has 2 aromatic heterocycles. The van der Waals surface area contributed by atoms with Crippen molar-refractivity contribution in [2.24, 2.45) is 11.5 Å². The fourth-order valence-electron chi connectivity index (χ4n) is 5.70. The molecule has 232 valence electrons. The summed E-state index contributed by atoms with van der Waals surface area (Å²) in [6.45, 7) is 8.42. The van der Waals surface area contributed by atoms with Crippen LogP contribution in [0.1, 0.15) is 28.7 Å². The second-order valence-electron chi connectivity index (χ2n) is 10.9. The standard InChI is InChI=1S/C42H34N6/c1-3-35-36(4-2)42(40-18-16-34(28-48-40)41-23-31(27-46)20-22-47-41)38-17-15-33(32-10-6-5-7-11-32)24-39(38)37(35)12-8-9-29(25-44)13-14-30(26-45)19-21-43/h3-11,14-25,28H,1-2,12-13,43-44H2/b9-8-,21-19-,29-25+,30-14+. The zero-order valence-electron chi connectivity index (χ0n) is 26.5. The summed E-state index contributed by atoms with van der Waals surface area (Å²) in [5.74, 6) is 0. The van der Waals surface area contributed by atoms with Gasteiger partial charge < -0.3 is 11.5 Å². The van der Waals surface area contributed by atoms with Crippen LogP contribution in [0.2, 0.25) is 0 Å². The first-order chi connectivity index (χ1) is 23.5. The van der Waals surface area contributed by atoms with E-state index in [9.17, 15) is 10.5 Å². The molecule has 2 heterocycles. The van der Waals surface area contributed by atoms with Crippen LogP contribution in [0.25, 0.3) is 56.6 Å².